The van der Waals surface area contributed by atoms with E-state index in [0.29, 0.717) is 25.0 Å². The molecule has 4 nitrogen and oxygen atoms in total. The molecular weight excluding hydrogens is 264 g/mol. The minimum Gasteiger partial charge on any atom is -0.396 e. The van der Waals surface area contributed by atoms with E-state index in [1.165, 1.54) is 71.1 Å². The average molecular weight is 298 g/mol. The van der Waals surface area contributed by atoms with Gasteiger partial charge in [-0.25, -0.2) is 0 Å². The first-order chi connectivity index (χ1) is 10.3. The van der Waals surface area contributed by atoms with Crippen LogP contribution in [-0.2, 0) is 0 Å². The Hall–Kier alpha value is -0.160. The molecule has 4 heteroatoms. The zero-order chi connectivity index (χ0) is 14.9. The third-order valence-electron chi connectivity index (χ3n) is 5.17. The number of hydrogen-bond donors (Lipinski definition) is 2. The Kier molecular flexibility index (Phi) is 8.01. The molecule has 2 saturated heterocycles. The summed E-state index contributed by atoms with van der Waals surface area (Å²) in [5.41, 5.74) is 0. The van der Waals surface area contributed by atoms with Crippen molar-refractivity contribution in [2.75, 3.05) is 52.5 Å². The number of rotatable bonds is 8. The highest BCUT2D eigenvalue weighted by atomic mass is 16.3. The van der Waals surface area contributed by atoms with Crippen LogP contribution in [0.2, 0.25) is 0 Å². The maximum atomic E-state index is 9.25. The van der Waals surface area contributed by atoms with E-state index in [2.05, 4.69) is 9.80 Å². The zero-order valence-corrected chi connectivity index (χ0v) is 13.6. The Morgan fingerprint density at radius 2 is 1.19 bits per heavy atom. The molecule has 124 valence electrons. The second-order valence-corrected chi connectivity index (χ2v) is 7.04. The van der Waals surface area contributed by atoms with Crippen molar-refractivity contribution >= 4 is 0 Å². The van der Waals surface area contributed by atoms with Crippen LogP contribution in [0.3, 0.4) is 0 Å². The first-order valence-electron chi connectivity index (χ1n) is 8.98. The Morgan fingerprint density at radius 1 is 0.714 bits per heavy atom. The van der Waals surface area contributed by atoms with Crippen LogP contribution in [0.15, 0.2) is 0 Å². The van der Waals surface area contributed by atoms with Gasteiger partial charge in [0.25, 0.3) is 0 Å². The first kappa shape index (κ1) is 17.2. The molecule has 0 saturated carbocycles. The smallest absolute Gasteiger partial charge is 0.0471 e. The van der Waals surface area contributed by atoms with Gasteiger partial charge in [0.1, 0.15) is 0 Å². The van der Waals surface area contributed by atoms with Gasteiger partial charge in [0.2, 0.25) is 0 Å². The van der Waals surface area contributed by atoms with Crippen LogP contribution in [0.5, 0.6) is 0 Å². The van der Waals surface area contributed by atoms with Gasteiger partial charge in [0.15, 0.2) is 0 Å². The highest BCUT2D eigenvalue weighted by Crippen LogP contribution is 2.18. The fourth-order valence-electron chi connectivity index (χ4n) is 3.85. The Morgan fingerprint density at radius 3 is 1.62 bits per heavy atom. The van der Waals surface area contributed by atoms with Gasteiger partial charge < -0.3 is 20.0 Å². The van der Waals surface area contributed by atoms with Gasteiger partial charge in [0, 0.05) is 26.3 Å². The monoisotopic (exact) mass is 298 g/mol. The molecule has 0 aliphatic carbocycles. The van der Waals surface area contributed by atoms with E-state index in [1.807, 2.05) is 0 Å². The summed E-state index contributed by atoms with van der Waals surface area (Å²) in [4.78, 5) is 5.07. The number of unbranched alkanes of at least 4 members (excludes halogenated alkanes) is 2. The summed E-state index contributed by atoms with van der Waals surface area (Å²) in [5, 5.41) is 18.5. The van der Waals surface area contributed by atoms with Crippen molar-refractivity contribution in [2.24, 2.45) is 11.8 Å². The number of aliphatic hydroxyl groups is 2. The molecule has 0 amide bonds. The summed E-state index contributed by atoms with van der Waals surface area (Å²) >= 11 is 0. The summed E-state index contributed by atoms with van der Waals surface area (Å²) in [6.07, 6.45) is 8.79. The summed E-state index contributed by atoms with van der Waals surface area (Å²) in [5.74, 6) is 1.03. The van der Waals surface area contributed by atoms with E-state index in [9.17, 15) is 10.2 Å². The fraction of sp³-hybridized carbons (Fsp3) is 1.00. The normalized spacial score (nSPS) is 28.9. The number of likely N-dealkylation sites (tertiary alicyclic amines) is 2. The molecule has 0 spiro atoms. The molecule has 21 heavy (non-hydrogen) atoms. The van der Waals surface area contributed by atoms with Crippen molar-refractivity contribution in [3.05, 3.63) is 0 Å². The third-order valence-corrected chi connectivity index (χ3v) is 5.17. The molecular formula is C17H34N2O2. The molecule has 0 aromatic carbocycles. The van der Waals surface area contributed by atoms with Crippen LogP contribution in [0, 0.1) is 11.8 Å². The van der Waals surface area contributed by atoms with E-state index in [4.69, 9.17) is 0 Å². The maximum absolute atomic E-state index is 9.25. The molecule has 2 aliphatic rings. The van der Waals surface area contributed by atoms with Gasteiger partial charge in [-0.1, -0.05) is 6.42 Å². The molecule has 0 bridgehead atoms. The predicted molar refractivity (Wildman–Crippen MR) is 86.4 cm³/mol. The van der Waals surface area contributed by atoms with Crippen LogP contribution < -0.4 is 0 Å². The Labute approximate surface area is 130 Å². The van der Waals surface area contributed by atoms with Crippen molar-refractivity contribution in [2.45, 2.75) is 44.9 Å². The van der Waals surface area contributed by atoms with Crippen LogP contribution in [0.4, 0.5) is 0 Å². The van der Waals surface area contributed by atoms with E-state index in [1.54, 1.807) is 0 Å². The topological polar surface area (TPSA) is 46.9 Å². The summed E-state index contributed by atoms with van der Waals surface area (Å²) in [6, 6.07) is 0. The number of nitrogens with zero attached hydrogens (tertiary/aromatic N) is 2. The van der Waals surface area contributed by atoms with Gasteiger partial charge in [0.05, 0.1) is 0 Å². The summed E-state index contributed by atoms with van der Waals surface area (Å²) in [6.45, 7) is 7.77. The molecule has 0 aromatic heterocycles. The van der Waals surface area contributed by atoms with E-state index < -0.39 is 0 Å². The van der Waals surface area contributed by atoms with Crippen molar-refractivity contribution in [3.8, 4) is 0 Å². The summed E-state index contributed by atoms with van der Waals surface area (Å²) < 4.78 is 0. The highest BCUT2D eigenvalue weighted by Gasteiger charge is 2.19. The van der Waals surface area contributed by atoms with Crippen molar-refractivity contribution in [3.63, 3.8) is 0 Å². The van der Waals surface area contributed by atoms with Crippen molar-refractivity contribution in [1.82, 2.24) is 9.80 Å². The first-order valence-corrected chi connectivity index (χ1v) is 8.98. The number of hydrogen-bond acceptors (Lipinski definition) is 4. The lowest BCUT2D eigenvalue weighted by Crippen LogP contribution is -2.38. The largest absolute Gasteiger partial charge is 0.396 e. The second kappa shape index (κ2) is 9.78. The quantitative estimate of drug-likeness (QED) is 0.668. The lowest BCUT2D eigenvalue weighted by molar-refractivity contribution is 0.114. The molecule has 2 rings (SSSR count). The lowest BCUT2D eigenvalue weighted by Gasteiger charge is -2.32. The van der Waals surface area contributed by atoms with E-state index in [0.717, 1.165) is 13.1 Å². The van der Waals surface area contributed by atoms with Gasteiger partial charge in [-0.2, -0.15) is 0 Å². The van der Waals surface area contributed by atoms with E-state index in [-0.39, 0.29) is 0 Å². The lowest BCUT2D eigenvalue weighted by atomic mass is 9.98. The molecule has 2 heterocycles. The van der Waals surface area contributed by atoms with Gasteiger partial charge in [-0.3, -0.25) is 0 Å². The van der Waals surface area contributed by atoms with Crippen LogP contribution >= 0.6 is 0 Å². The van der Waals surface area contributed by atoms with Gasteiger partial charge in [-0.15, -0.1) is 0 Å². The molecule has 2 atom stereocenters. The molecule has 2 N–H and O–H groups in total. The van der Waals surface area contributed by atoms with E-state index >= 15 is 0 Å². The van der Waals surface area contributed by atoms with Crippen LogP contribution in [0.25, 0.3) is 0 Å². The standard InChI is InChI=1S/C17H34N2O2/c20-14-16-6-4-10-18(12-16)8-2-1-3-9-19-11-5-7-17(13-19)15-21/h16-17,20-21H,1-15H2. The Balaban J connectivity index is 1.50. The highest BCUT2D eigenvalue weighted by molar-refractivity contribution is 4.73. The van der Waals surface area contributed by atoms with Crippen molar-refractivity contribution in [1.29, 1.82) is 0 Å². The Bertz CT molecular complexity index is 250. The molecule has 2 fully saturated rings. The SMILES string of the molecule is OCC1CCCN(CCCCCN2CCCC(CO)C2)C1. The van der Waals surface area contributed by atoms with Crippen LogP contribution in [0.1, 0.15) is 44.9 Å². The average Bonchev–Trinajstić information content (AvgIpc) is 2.55. The van der Waals surface area contributed by atoms with Crippen LogP contribution in [-0.4, -0.2) is 72.5 Å². The molecule has 0 aromatic rings. The maximum Gasteiger partial charge on any atom is 0.0471 e. The minimum absolute atomic E-state index is 0.359. The number of aliphatic hydroxyl groups excluding tert-OH is 2. The third kappa shape index (κ3) is 6.23. The summed E-state index contributed by atoms with van der Waals surface area (Å²) in [7, 11) is 0. The number of piperidine rings is 2. The molecule has 2 unspecified atom stereocenters. The second-order valence-electron chi connectivity index (χ2n) is 7.04. The van der Waals surface area contributed by atoms with Crippen molar-refractivity contribution < 1.29 is 10.2 Å². The minimum atomic E-state index is 0.359. The fourth-order valence-corrected chi connectivity index (χ4v) is 3.85. The van der Waals surface area contributed by atoms with Gasteiger partial charge >= 0.3 is 0 Å². The zero-order valence-electron chi connectivity index (χ0n) is 13.6. The predicted octanol–water partition coefficient (Wildman–Crippen LogP) is 1.57. The van der Waals surface area contributed by atoms with Gasteiger partial charge in [-0.05, 0) is 76.5 Å². The molecule has 2 aliphatic heterocycles. The molecule has 0 radical (unpaired) electrons.